The van der Waals surface area contributed by atoms with Crippen molar-refractivity contribution < 1.29 is 38.4 Å². The second kappa shape index (κ2) is 18.1. The normalized spacial score (nSPS) is 10.8. The van der Waals surface area contributed by atoms with Gasteiger partial charge in [-0.15, -0.1) is 0 Å². The lowest BCUT2D eigenvalue weighted by Crippen LogP contribution is -2.38. The zero-order chi connectivity index (χ0) is 35.4. The highest BCUT2D eigenvalue weighted by Crippen LogP contribution is 2.45. The summed E-state index contributed by atoms with van der Waals surface area (Å²) in [6.07, 6.45) is -1.57. The third kappa shape index (κ3) is 12.7. The van der Waals surface area contributed by atoms with Gasteiger partial charge in [0.1, 0.15) is 46.3 Å². The van der Waals surface area contributed by atoms with Crippen LogP contribution in [0.4, 0.5) is 0 Å². The van der Waals surface area contributed by atoms with Crippen molar-refractivity contribution in [2.45, 2.75) is 119 Å². The Hall–Kier alpha value is -4.20. The van der Waals surface area contributed by atoms with Crippen LogP contribution in [0, 0.1) is 6.92 Å². The van der Waals surface area contributed by atoms with Crippen LogP contribution >= 0.6 is 0 Å². The van der Waals surface area contributed by atoms with Gasteiger partial charge in [-0.25, -0.2) is 0 Å². The fourth-order valence-corrected chi connectivity index (χ4v) is 6.36. The summed E-state index contributed by atoms with van der Waals surface area (Å²) >= 11 is 0. The van der Waals surface area contributed by atoms with Crippen molar-refractivity contribution in [3.63, 3.8) is 0 Å². The third-order valence-corrected chi connectivity index (χ3v) is 7.42. The number of carbonyl (C=O) groups excluding carboxylic acids is 8. The Morgan fingerprint density at radius 3 is 0.891 bits per heavy atom. The highest BCUT2D eigenvalue weighted by molar-refractivity contribution is 5.91. The Labute approximate surface area is 272 Å². The minimum atomic E-state index is -1.41. The van der Waals surface area contributed by atoms with Crippen molar-refractivity contribution in [1.29, 1.82) is 0 Å². The second-order valence-electron chi connectivity index (χ2n) is 12.7. The summed E-state index contributed by atoms with van der Waals surface area (Å²) in [7, 11) is 0. The van der Waals surface area contributed by atoms with E-state index >= 15 is 0 Å². The molecule has 0 aliphatic heterocycles. The van der Waals surface area contributed by atoms with Crippen LogP contribution < -0.4 is 0 Å². The number of benzene rings is 2. The molecule has 0 N–H and O–H groups in total. The number of rotatable bonds is 17. The topological polar surface area (TPSA) is 137 Å². The molecule has 0 aromatic heterocycles. The average molecular weight is 633 g/mol. The first-order valence-electron chi connectivity index (χ1n) is 15.5. The maximum absolute atomic E-state index is 12.7. The molecule has 0 bridgehead atoms. The van der Waals surface area contributed by atoms with Gasteiger partial charge in [0.05, 0.1) is 0 Å². The number of carbonyl (C=O) groups is 8. The molecule has 2 aromatic rings. The molecular formula is C38H48O8. The number of Topliss-reactive ketones (excluding diaryl/α,β-unsaturated/α-hetero) is 8. The molecule has 0 amide bonds. The number of hydrogen-bond acceptors (Lipinski definition) is 8. The van der Waals surface area contributed by atoms with Gasteiger partial charge in [-0.2, -0.15) is 0 Å². The van der Waals surface area contributed by atoms with E-state index in [1.54, 1.807) is 0 Å². The van der Waals surface area contributed by atoms with E-state index in [2.05, 4.69) is 19.1 Å². The molecule has 8 heteroatoms. The van der Waals surface area contributed by atoms with E-state index < -0.39 is 5.41 Å². The van der Waals surface area contributed by atoms with Gasteiger partial charge in [-0.3, -0.25) is 38.4 Å². The molecule has 0 spiro atoms. The van der Waals surface area contributed by atoms with Crippen molar-refractivity contribution in [2.75, 3.05) is 0 Å². The van der Waals surface area contributed by atoms with E-state index in [-0.39, 0.29) is 97.6 Å². The van der Waals surface area contributed by atoms with Crippen LogP contribution in [0.15, 0.2) is 30.3 Å². The monoisotopic (exact) mass is 632 g/mol. The van der Waals surface area contributed by atoms with Crippen LogP contribution in [0.1, 0.15) is 114 Å². The SMILES string of the molecule is CC(=O)Cc1c(CC(C)=O)c(CC(C)=O)c(C(CC(C)=O)(CC(C)=O)CC(C)=O)c(CC(C)=O)c1CC(C)=O.Cc1ccccc1. The number of ketones is 8. The molecule has 0 aliphatic carbocycles. The van der Waals surface area contributed by atoms with E-state index in [0.29, 0.717) is 33.4 Å². The molecule has 46 heavy (non-hydrogen) atoms. The lowest BCUT2D eigenvalue weighted by molar-refractivity contribution is -0.123. The first kappa shape index (κ1) is 39.8. The third-order valence-electron chi connectivity index (χ3n) is 7.42. The van der Waals surface area contributed by atoms with Gasteiger partial charge in [0.25, 0.3) is 0 Å². The lowest BCUT2D eigenvalue weighted by atomic mass is 9.63. The number of hydrogen-bond donors (Lipinski definition) is 0. The Morgan fingerprint density at radius 1 is 0.413 bits per heavy atom. The fraction of sp³-hybridized carbons (Fsp3) is 0.474. The summed E-state index contributed by atoms with van der Waals surface area (Å²) in [6, 6.07) is 10.3. The largest absolute Gasteiger partial charge is 0.300 e. The summed E-state index contributed by atoms with van der Waals surface area (Å²) in [6.45, 7) is 12.9. The van der Waals surface area contributed by atoms with Gasteiger partial charge >= 0.3 is 0 Å². The van der Waals surface area contributed by atoms with Crippen LogP contribution in [0.2, 0.25) is 0 Å². The predicted octanol–water partition coefficient (Wildman–Crippen LogP) is 5.51. The van der Waals surface area contributed by atoms with Crippen molar-refractivity contribution in [3.8, 4) is 0 Å². The molecule has 2 aromatic carbocycles. The Morgan fingerprint density at radius 2 is 0.674 bits per heavy atom. The summed E-state index contributed by atoms with van der Waals surface area (Å²) < 4.78 is 0. The minimum absolute atomic E-state index is 0.138. The molecule has 0 atom stereocenters. The van der Waals surface area contributed by atoms with Gasteiger partial charge < -0.3 is 0 Å². The summed E-state index contributed by atoms with van der Waals surface area (Å²) in [5.74, 6) is -2.28. The highest BCUT2D eigenvalue weighted by Gasteiger charge is 2.42. The Balaban J connectivity index is 0.00000132. The van der Waals surface area contributed by atoms with Gasteiger partial charge in [-0.1, -0.05) is 35.9 Å². The van der Waals surface area contributed by atoms with Gasteiger partial charge in [0.2, 0.25) is 0 Å². The molecule has 8 nitrogen and oxygen atoms in total. The fourth-order valence-electron chi connectivity index (χ4n) is 6.36. The molecule has 0 fully saturated rings. The van der Waals surface area contributed by atoms with Gasteiger partial charge in [0.15, 0.2) is 0 Å². The van der Waals surface area contributed by atoms with Gasteiger partial charge in [0, 0.05) is 56.8 Å². The maximum Gasteiger partial charge on any atom is 0.134 e. The highest BCUT2D eigenvalue weighted by atomic mass is 16.1. The van der Waals surface area contributed by atoms with E-state index in [9.17, 15) is 38.4 Å². The molecule has 2 rings (SSSR count). The van der Waals surface area contributed by atoms with Crippen molar-refractivity contribution >= 4 is 46.3 Å². The van der Waals surface area contributed by atoms with Crippen LogP contribution in [-0.4, -0.2) is 46.3 Å². The number of aryl methyl sites for hydroxylation is 1. The zero-order valence-electron chi connectivity index (χ0n) is 28.8. The quantitative estimate of drug-likeness (QED) is 0.223. The van der Waals surface area contributed by atoms with Crippen LogP contribution in [-0.2, 0) is 75.9 Å². The summed E-state index contributed by atoms with van der Waals surface area (Å²) in [5, 5.41) is 0. The summed E-state index contributed by atoms with van der Waals surface area (Å²) in [5.41, 5.74) is 2.10. The van der Waals surface area contributed by atoms with Crippen LogP contribution in [0.5, 0.6) is 0 Å². The Bertz CT molecular complexity index is 1410. The van der Waals surface area contributed by atoms with E-state index in [1.165, 1.54) is 61.0 Å². The van der Waals surface area contributed by atoms with E-state index in [0.717, 1.165) is 0 Å². The molecule has 0 heterocycles. The predicted molar refractivity (Wildman–Crippen MR) is 177 cm³/mol. The van der Waals surface area contributed by atoms with E-state index in [1.807, 2.05) is 18.2 Å². The maximum atomic E-state index is 12.7. The summed E-state index contributed by atoms with van der Waals surface area (Å²) in [4.78, 5) is 101. The lowest BCUT2D eigenvalue weighted by Gasteiger charge is -2.39. The first-order chi connectivity index (χ1) is 21.3. The molecular weight excluding hydrogens is 584 g/mol. The van der Waals surface area contributed by atoms with Gasteiger partial charge in [-0.05, 0) is 95.7 Å². The van der Waals surface area contributed by atoms with Crippen molar-refractivity contribution in [1.82, 2.24) is 0 Å². The molecule has 0 saturated carbocycles. The standard InChI is InChI=1S/C31H40O8.C7H8/c1-17(32)9-25-26(10-18(2)33)28(12-20(4)35)30(29(13-21(5)36)27(25)11-19(3)34)31(14-22(6)37,15-23(7)38)16-24(8)39;1-7-5-3-2-4-6-7/h9-16H2,1-8H3;2-6H,1H3. The molecule has 0 radical (unpaired) electrons. The zero-order valence-corrected chi connectivity index (χ0v) is 28.8. The first-order valence-corrected chi connectivity index (χ1v) is 15.5. The van der Waals surface area contributed by atoms with Crippen molar-refractivity contribution in [2.24, 2.45) is 0 Å². The van der Waals surface area contributed by atoms with Crippen LogP contribution in [0.3, 0.4) is 0 Å². The van der Waals surface area contributed by atoms with Crippen LogP contribution in [0.25, 0.3) is 0 Å². The molecule has 0 aliphatic rings. The smallest absolute Gasteiger partial charge is 0.134 e. The van der Waals surface area contributed by atoms with Crippen molar-refractivity contribution in [3.05, 3.63) is 69.3 Å². The molecule has 0 saturated heterocycles. The average Bonchev–Trinajstić information content (AvgIpc) is 2.86. The molecule has 248 valence electrons. The Kier molecular flexibility index (Phi) is 15.6. The second-order valence-corrected chi connectivity index (χ2v) is 12.7. The molecule has 0 unspecified atom stereocenters. The minimum Gasteiger partial charge on any atom is -0.300 e. The van der Waals surface area contributed by atoms with E-state index in [4.69, 9.17) is 0 Å².